The van der Waals surface area contributed by atoms with E-state index in [1.807, 2.05) is 0 Å². The smallest absolute Gasteiger partial charge is 0.275 e. The molecule has 1 amide bonds. The summed E-state index contributed by atoms with van der Waals surface area (Å²) < 4.78 is 2.86. The molecule has 90 valence electrons. The van der Waals surface area contributed by atoms with Gasteiger partial charge < -0.3 is 4.57 Å². The molecule has 0 bridgehead atoms. The van der Waals surface area contributed by atoms with Crippen molar-refractivity contribution >= 4 is 43.3 Å². The van der Waals surface area contributed by atoms with Gasteiger partial charge in [-0.1, -0.05) is 0 Å². The Morgan fingerprint density at radius 3 is 2.88 bits per heavy atom. The Morgan fingerprint density at radius 2 is 2.24 bits per heavy atom. The number of aryl methyl sites for hydroxylation is 1. The zero-order valence-electron chi connectivity index (χ0n) is 9.20. The molecule has 0 unspecified atom stereocenters. The molecule has 7 heteroatoms. The maximum Gasteiger partial charge on any atom is 0.275 e. The van der Waals surface area contributed by atoms with E-state index in [2.05, 4.69) is 26.8 Å². The van der Waals surface area contributed by atoms with E-state index in [-0.39, 0.29) is 11.5 Å². The van der Waals surface area contributed by atoms with Crippen molar-refractivity contribution in [1.29, 1.82) is 0 Å². The van der Waals surface area contributed by atoms with Gasteiger partial charge in [0.25, 0.3) is 11.5 Å². The summed E-state index contributed by atoms with van der Waals surface area (Å²) in [7, 11) is 3.29. The third kappa shape index (κ3) is 2.13. The van der Waals surface area contributed by atoms with Gasteiger partial charge in [0, 0.05) is 30.2 Å². The molecule has 0 saturated carbocycles. The van der Waals surface area contributed by atoms with Crippen molar-refractivity contribution in [2.75, 3.05) is 7.05 Å². The quantitative estimate of drug-likeness (QED) is 0.819. The second-order valence-electron chi connectivity index (χ2n) is 3.45. The van der Waals surface area contributed by atoms with Crippen molar-refractivity contribution < 1.29 is 4.79 Å². The molecule has 2 aromatic rings. The van der Waals surface area contributed by atoms with Gasteiger partial charge in [0.15, 0.2) is 0 Å². The highest BCUT2D eigenvalue weighted by atomic mass is 79.9. The highest BCUT2D eigenvalue weighted by Crippen LogP contribution is 2.28. The summed E-state index contributed by atoms with van der Waals surface area (Å²) in [6, 6.07) is 1.71. The van der Waals surface area contributed by atoms with E-state index >= 15 is 0 Å². The second kappa shape index (κ2) is 4.59. The minimum absolute atomic E-state index is 0.100. The number of nitrogens with zero attached hydrogens (tertiary/aromatic N) is 1. The zero-order valence-corrected chi connectivity index (χ0v) is 11.6. The normalized spacial score (nSPS) is 10.8. The topological polar surface area (TPSA) is 63.1 Å². The molecule has 0 aliphatic heterocycles. The maximum atomic E-state index is 11.9. The van der Waals surface area contributed by atoms with E-state index in [0.717, 1.165) is 9.86 Å². The van der Waals surface area contributed by atoms with Gasteiger partial charge in [-0.05, 0) is 22.0 Å². The summed E-state index contributed by atoms with van der Waals surface area (Å²) >= 11 is 4.57. The summed E-state index contributed by atoms with van der Waals surface area (Å²) in [6.45, 7) is 0. The molecule has 0 spiro atoms. The van der Waals surface area contributed by atoms with Gasteiger partial charge in [0.05, 0.1) is 4.88 Å². The molecule has 0 saturated heterocycles. The standard InChI is InChI=1S/C10H10BrN3O2S/c1-12-13-9(15)7-3-5-6(11)4-14(2)10(16)8(5)17-7/h3-4,12H,1-2H3,(H,13,15). The first kappa shape index (κ1) is 12.3. The van der Waals surface area contributed by atoms with Crippen molar-refractivity contribution in [2.45, 2.75) is 0 Å². The van der Waals surface area contributed by atoms with Crippen LogP contribution in [0.5, 0.6) is 0 Å². The molecular formula is C10H10BrN3O2S. The lowest BCUT2D eigenvalue weighted by Crippen LogP contribution is -2.33. The largest absolute Gasteiger partial charge is 0.316 e. The minimum atomic E-state index is -0.248. The Balaban J connectivity index is 2.65. The predicted molar refractivity (Wildman–Crippen MR) is 71.3 cm³/mol. The van der Waals surface area contributed by atoms with Gasteiger partial charge in [0.2, 0.25) is 0 Å². The third-order valence-corrected chi connectivity index (χ3v) is 4.03. The Morgan fingerprint density at radius 1 is 1.53 bits per heavy atom. The molecule has 0 fully saturated rings. The van der Waals surface area contributed by atoms with Crippen LogP contribution in [0.2, 0.25) is 0 Å². The lowest BCUT2D eigenvalue weighted by Gasteiger charge is -1.98. The van der Waals surface area contributed by atoms with Crippen LogP contribution in [0, 0.1) is 0 Å². The molecule has 0 aromatic carbocycles. The monoisotopic (exact) mass is 315 g/mol. The van der Waals surface area contributed by atoms with E-state index in [0.29, 0.717) is 9.58 Å². The van der Waals surface area contributed by atoms with Crippen molar-refractivity contribution in [3.8, 4) is 0 Å². The first-order chi connectivity index (χ1) is 8.04. The summed E-state index contributed by atoms with van der Waals surface area (Å²) in [5.41, 5.74) is 4.94. The summed E-state index contributed by atoms with van der Waals surface area (Å²) in [6.07, 6.45) is 1.69. The molecule has 0 aliphatic carbocycles. The van der Waals surface area contributed by atoms with Crippen LogP contribution < -0.4 is 16.4 Å². The molecule has 2 aromatic heterocycles. The molecule has 2 heterocycles. The van der Waals surface area contributed by atoms with Gasteiger partial charge in [-0.15, -0.1) is 11.3 Å². The number of hydrogen-bond acceptors (Lipinski definition) is 4. The Hall–Kier alpha value is -1.18. The number of carbonyl (C=O) groups is 1. The molecular weight excluding hydrogens is 306 g/mol. The van der Waals surface area contributed by atoms with Crippen molar-refractivity contribution in [2.24, 2.45) is 7.05 Å². The average Bonchev–Trinajstić information content (AvgIpc) is 2.72. The highest BCUT2D eigenvalue weighted by molar-refractivity contribution is 9.10. The van der Waals surface area contributed by atoms with E-state index in [1.165, 1.54) is 15.9 Å². The van der Waals surface area contributed by atoms with E-state index in [4.69, 9.17) is 0 Å². The van der Waals surface area contributed by atoms with Crippen molar-refractivity contribution in [3.63, 3.8) is 0 Å². The number of rotatable bonds is 2. The van der Waals surface area contributed by atoms with Crippen LogP contribution in [0.1, 0.15) is 9.67 Å². The number of hydrogen-bond donors (Lipinski definition) is 2. The number of aromatic nitrogens is 1. The van der Waals surface area contributed by atoms with Crippen LogP contribution >= 0.6 is 27.3 Å². The van der Waals surface area contributed by atoms with Gasteiger partial charge in [-0.25, -0.2) is 5.43 Å². The lowest BCUT2D eigenvalue weighted by molar-refractivity contribution is 0.0942. The van der Waals surface area contributed by atoms with Crippen molar-refractivity contribution in [3.05, 3.63) is 32.0 Å². The SMILES string of the molecule is CNNC(=O)c1cc2c(Br)cn(C)c(=O)c2s1. The highest BCUT2D eigenvalue weighted by Gasteiger charge is 2.14. The van der Waals surface area contributed by atoms with Crippen LogP contribution in [0.4, 0.5) is 0 Å². The van der Waals surface area contributed by atoms with Crippen LogP contribution in [0.25, 0.3) is 10.1 Å². The summed E-state index contributed by atoms with van der Waals surface area (Å²) in [4.78, 5) is 24.0. The number of amides is 1. The number of fused-ring (bicyclic) bond motifs is 1. The summed E-state index contributed by atoms with van der Waals surface area (Å²) in [5, 5.41) is 0.763. The number of halogens is 1. The number of hydrazine groups is 1. The molecule has 0 aliphatic rings. The molecule has 2 N–H and O–H groups in total. The van der Waals surface area contributed by atoms with Gasteiger partial charge >= 0.3 is 0 Å². The minimum Gasteiger partial charge on any atom is -0.316 e. The lowest BCUT2D eigenvalue weighted by atomic mass is 10.3. The van der Waals surface area contributed by atoms with E-state index in [1.54, 1.807) is 26.4 Å². The first-order valence-electron chi connectivity index (χ1n) is 4.80. The second-order valence-corrected chi connectivity index (χ2v) is 5.36. The number of nitrogens with one attached hydrogen (secondary N) is 2. The van der Waals surface area contributed by atoms with Crippen LogP contribution in [-0.4, -0.2) is 17.5 Å². The number of thiophene rings is 1. The predicted octanol–water partition coefficient (Wildman–Crippen LogP) is 1.23. The van der Waals surface area contributed by atoms with Crippen LogP contribution in [-0.2, 0) is 7.05 Å². The number of carbonyl (C=O) groups excluding carboxylic acids is 1. The average molecular weight is 316 g/mol. The fourth-order valence-corrected chi connectivity index (χ4v) is 3.27. The molecule has 0 radical (unpaired) electrons. The van der Waals surface area contributed by atoms with E-state index < -0.39 is 0 Å². The van der Waals surface area contributed by atoms with Crippen molar-refractivity contribution in [1.82, 2.24) is 15.4 Å². The zero-order chi connectivity index (χ0) is 12.6. The van der Waals surface area contributed by atoms with Crippen LogP contribution in [0.15, 0.2) is 21.5 Å². The molecule has 5 nitrogen and oxygen atoms in total. The molecule has 0 atom stereocenters. The van der Waals surface area contributed by atoms with Gasteiger partial charge in [0.1, 0.15) is 4.70 Å². The summed E-state index contributed by atoms with van der Waals surface area (Å²) in [5.74, 6) is -0.248. The van der Waals surface area contributed by atoms with Crippen LogP contribution in [0.3, 0.4) is 0 Å². The first-order valence-corrected chi connectivity index (χ1v) is 6.41. The fourth-order valence-electron chi connectivity index (χ4n) is 1.47. The Labute approximate surface area is 110 Å². The Kier molecular flexibility index (Phi) is 3.32. The maximum absolute atomic E-state index is 11.9. The van der Waals surface area contributed by atoms with E-state index in [9.17, 15) is 9.59 Å². The van der Waals surface area contributed by atoms with Gasteiger partial charge in [-0.2, -0.15) is 0 Å². The number of pyridine rings is 1. The molecule has 2 rings (SSSR count). The molecule has 17 heavy (non-hydrogen) atoms. The Bertz CT molecular complexity index is 647. The fraction of sp³-hybridized carbons (Fsp3) is 0.200. The third-order valence-electron chi connectivity index (χ3n) is 2.27. The van der Waals surface area contributed by atoms with Gasteiger partial charge in [-0.3, -0.25) is 15.0 Å².